The average molecular weight is 441 g/mol. The number of halogens is 1. The molecule has 3 atom stereocenters. The molecule has 0 spiro atoms. The minimum atomic E-state index is -1.54. The summed E-state index contributed by atoms with van der Waals surface area (Å²) in [6.07, 6.45) is -0.00276. The Morgan fingerprint density at radius 1 is 1.06 bits per heavy atom. The maximum absolute atomic E-state index is 13.7. The van der Waals surface area contributed by atoms with Crippen LogP contribution in [0.25, 0.3) is 0 Å². The molecule has 0 saturated heterocycles. The molecule has 0 amide bonds. The molecule has 2 aromatic carbocycles. The quantitative estimate of drug-likeness (QED) is 0.628. The number of ether oxygens (including phenoxy) is 2. The third-order valence-corrected chi connectivity index (χ3v) is 5.51. The standard InChI is InChI=1S/C25H28FNO5/c1-4-31-23(28)21-19(27-18-9-7-6-8-10-18)15-25(3,30)22(24(29)32-5-2)20(21)16-11-13-17(26)14-12-16/h6-14,20,22,27,30H,4-5,15H2,1-3H3/t20-,22+,25-/m1/s1. The van der Waals surface area contributed by atoms with Gasteiger partial charge in [-0.25, -0.2) is 9.18 Å². The van der Waals surface area contributed by atoms with Crippen molar-refractivity contribution in [2.45, 2.75) is 38.7 Å². The van der Waals surface area contributed by atoms with Crippen molar-refractivity contribution in [3.8, 4) is 0 Å². The number of carbonyl (C=O) groups excluding carboxylic acids is 2. The first-order valence-electron chi connectivity index (χ1n) is 10.6. The molecule has 1 aliphatic rings. The lowest BCUT2D eigenvalue weighted by atomic mass is 9.66. The number of rotatable bonds is 7. The Kier molecular flexibility index (Phi) is 7.30. The van der Waals surface area contributed by atoms with Crippen LogP contribution in [0, 0.1) is 11.7 Å². The highest BCUT2D eigenvalue weighted by atomic mass is 19.1. The Balaban J connectivity index is 2.23. The van der Waals surface area contributed by atoms with E-state index in [1.807, 2.05) is 30.3 Å². The van der Waals surface area contributed by atoms with Crippen molar-refractivity contribution in [1.82, 2.24) is 0 Å². The van der Waals surface area contributed by atoms with Gasteiger partial charge in [-0.05, 0) is 50.6 Å². The van der Waals surface area contributed by atoms with E-state index in [9.17, 15) is 19.1 Å². The highest BCUT2D eigenvalue weighted by Gasteiger charge is 2.52. The summed E-state index contributed by atoms with van der Waals surface area (Å²) in [5, 5.41) is 14.6. The van der Waals surface area contributed by atoms with E-state index < -0.39 is 35.2 Å². The number of aliphatic hydroxyl groups is 1. The highest BCUT2D eigenvalue weighted by molar-refractivity contribution is 5.94. The van der Waals surface area contributed by atoms with E-state index in [0.717, 1.165) is 0 Å². The number of para-hydroxylation sites is 1. The van der Waals surface area contributed by atoms with E-state index in [1.54, 1.807) is 20.8 Å². The number of nitrogens with one attached hydrogen (secondary N) is 1. The smallest absolute Gasteiger partial charge is 0.336 e. The molecular weight excluding hydrogens is 413 g/mol. The molecule has 170 valence electrons. The number of anilines is 1. The molecule has 0 saturated carbocycles. The molecule has 7 heteroatoms. The zero-order valence-electron chi connectivity index (χ0n) is 18.4. The van der Waals surface area contributed by atoms with Crippen molar-refractivity contribution < 1.29 is 28.6 Å². The maximum atomic E-state index is 13.7. The topological polar surface area (TPSA) is 84.9 Å². The third-order valence-electron chi connectivity index (χ3n) is 5.51. The third kappa shape index (κ3) is 4.99. The van der Waals surface area contributed by atoms with Gasteiger partial charge in [0.25, 0.3) is 0 Å². The molecule has 0 bridgehead atoms. The Bertz CT molecular complexity index is 985. The summed E-state index contributed by atoms with van der Waals surface area (Å²) < 4.78 is 24.3. The number of benzene rings is 2. The molecule has 2 N–H and O–H groups in total. The fourth-order valence-electron chi connectivity index (χ4n) is 4.19. The van der Waals surface area contributed by atoms with Crippen LogP contribution in [0.4, 0.5) is 10.1 Å². The van der Waals surface area contributed by atoms with Crippen LogP contribution in [0.2, 0.25) is 0 Å². The Morgan fingerprint density at radius 3 is 2.28 bits per heavy atom. The number of carbonyl (C=O) groups is 2. The van der Waals surface area contributed by atoms with Crippen LogP contribution in [0.5, 0.6) is 0 Å². The first-order valence-corrected chi connectivity index (χ1v) is 10.6. The molecule has 0 fully saturated rings. The Hall–Kier alpha value is -3.19. The summed E-state index contributed by atoms with van der Waals surface area (Å²) in [6.45, 7) is 5.16. The molecule has 6 nitrogen and oxygen atoms in total. The minimum Gasteiger partial charge on any atom is -0.466 e. The lowest BCUT2D eigenvalue weighted by Crippen LogP contribution is -2.49. The van der Waals surface area contributed by atoms with Gasteiger partial charge in [0.15, 0.2) is 0 Å². The van der Waals surface area contributed by atoms with Crippen LogP contribution in [-0.2, 0) is 19.1 Å². The van der Waals surface area contributed by atoms with Gasteiger partial charge in [0, 0.05) is 23.7 Å². The molecule has 32 heavy (non-hydrogen) atoms. The van der Waals surface area contributed by atoms with Gasteiger partial charge in [-0.3, -0.25) is 4.79 Å². The van der Waals surface area contributed by atoms with E-state index in [2.05, 4.69) is 5.32 Å². The van der Waals surface area contributed by atoms with Gasteiger partial charge < -0.3 is 19.9 Å². The average Bonchev–Trinajstić information content (AvgIpc) is 2.74. The SMILES string of the molecule is CCOC(=O)C1=C(Nc2ccccc2)C[C@@](C)(O)[C@H](C(=O)OCC)[C@@H]1c1ccc(F)cc1. The Morgan fingerprint density at radius 2 is 1.69 bits per heavy atom. The molecule has 1 aliphatic carbocycles. The lowest BCUT2D eigenvalue weighted by molar-refractivity contribution is -0.159. The van der Waals surface area contributed by atoms with Crippen molar-refractivity contribution in [1.29, 1.82) is 0 Å². The second kappa shape index (κ2) is 9.96. The summed E-state index contributed by atoms with van der Waals surface area (Å²) in [6, 6.07) is 14.7. The normalized spacial score (nSPS) is 22.9. The highest BCUT2D eigenvalue weighted by Crippen LogP contribution is 2.48. The van der Waals surface area contributed by atoms with Crippen molar-refractivity contribution in [2.24, 2.45) is 5.92 Å². The monoisotopic (exact) mass is 441 g/mol. The van der Waals surface area contributed by atoms with E-state index in [-0.39, 0.29) is 25.2 Å². The summed E-state index contributed by atoms with van der Waals surface area (Å²) in [4.78, 5) is 26.2. The van der Waals surface area contributed by atoms with Gasteiger partial charge in [0.2, 0.25) is 0 Å². The maximum Gasteiger partial charge on any atom is 0.336 e. The molecule has 2 aromatic rings. The van der Waals surface area contributed by atoms with Gasteiger partial charge in [0.1, 0.15) is 5.82 Å². The van der Waals surface area contributed by atoms with Crippen molar-refractivity contribution >= 4 is 17.6 Å². The fraction of sp³-hybridized carbons (Fsp3) is 0.360. The summed E-state index contributed by atoms with van der Waals surface area (Å²) in [5.74, 6) is -3.68. The van der Waals surface area contributed by atoms with E-state index in [4.69, 9.17) is 9.47 Å². The first-order chi connectivity index (χ1) is 15.3. The van der Waals surface area contributed by atoms with E-state index >= 15 is 0 Å². The Labute approximate surface area is 187 Å². The number of hydrogen-bond acceptors (Lipinski definition) is 6. The van der Waals surface area contributed by atoms with Gasteiger partial charge in [-0.2, -0.15) is 0 Å². The molecule has 0 aromatic heterocycles. The summed E-state index contributed by atoms with van der Waals surface area (Å²) in [5.41, 5.74) is 0.326. The van der Waals surface area contributed by atoms with E-state index in [1.165, 1.54) is 24.3 Å². The molecule has 0 radical (unpaired) electrons. The molecular formula is C25H28FNO5. The minimum absolute atomic E-state index is 0.00276. The van der Waals surface area contributed by atoms with Crippen LogP contribution < -0.4 is 5.32 Å². The zero-order valence-corrected chi connectivity index (χ0v) is 18.4. The number of esters is 2. The van der Waals surface area contributed by atoms with Crippen LogP contribution in [-0.4, -0.2) is 35.9 Å². The fourth-order valence-corrected chi connectivity index (χ4v) is 4.19. The second-order valence-corrected chi connectivity index (χ2v) is 7.90. The molecule has 3 rings (SSSR count). The zero-order chi connectivity index (χ0) is 23.3. The van der Waals surface area contributed by atoms with Gasteiger partial charge in [-0.1, -0.05) is 30.3 Å². The second-order valence-electron chi connectivity index (χ2n) is 7.90. The van der Waals surface area contributed by atoms with Gasteiger partial charge >= 0.3 is 11.9 Å². The van der Waals surface area contributed by atoms with Crippen LogP contribution in [0.3, 0.4) is 0 Å². The van der Waals surface area contributed by atoms with Crippen LogP contribution in [0.1, 0.15) is 38.7 Å². The van der Waals surface area contributed by atoms with Crippen molar-refractivity contribution in [2.75, 3.05) is 18.5 Å². The van der Waals surface area contributed by atoms with E-state index in [0.29, 0.717) is 16.9 Å². The van der Waals surface area contributed by atoms with Crippen molar-refractivity contribution in [3.05, 3.63) is 77.2 Å². The van der Waals surface area contributed by atoms with Crippen LogP contribution in [0.15, 0.2) is 65.9 Å². The van der Waals surface area contributed by atoms with Crippen molar-refractivity contribution in [3.63, 3.8) is 0 Å². The predicted molar refractivity (Wildman–Crippen MR) is 118 cm³/mol. The van der Waals surface area contributed by atoms with Crippen LogP contribution >= 0.6 is 0 Å². The van der Waals surface area contributed by atoms with Gasteiger partial charge in [0.05, 0.1) is 30.3 Å². The predicted octanol–water partition coefficient (Wildman–Crippen LogP) is 4.17. The molecule has 0 heterocycles. The van der Waals surface area contributed by atoms with Gasteiger partial charge in [-0.15, -0.1) is 0 Å². The summed E-state index contributed by atoms with van der Waals surface area (Å²) in [7, 11) is 0. The number of hydrogen-bond donors (Lipinski definition) is 2. The molecule has 0 unspecified atom stereocenters. The lowest BCUT2D eigenvalue weighted by Gasteiger charge is -2.43. The molecule has 0 aliphatic heterocycles. The largest absolute Gasteiger partial charge is 0.466 e. The summed E-state index contributed by atoms with van der Waals surface area (Å²) >= 11 is 0. The first kappa shape index (κ1) is 23.5.